The van der Waals surface area contributed by atoms with Crippen LogP contribution < -0.4 is 0 Å². The van der Waals surface area contributed by atoms with E-state index in [1.807, 2.05) is 24.3 Å². The van der Waals surface area contributed by atoms with Crippen molar-refractivity contribution in [3.8, 4) is 0 Å². The molecule has 84 valence electrons. The summed E-state index contributed by atoms with van der Waals surface area (Å²) in [5.41, 5.74) is 2.55. The van der Waals surface area contributed by atoms with Gasteiger partial charge in [0.25, 0.3) is 0 Å². The second kappa shape index (κ2) is 6.78. The molecular weight excluding hydrogens is 196 g/mol. The first-order valence-electron chi connectivity index (χ1n) is 5.54. The van der Waals surface area contributed by atoms with Crippen LogP contribution >= 0.6 is 0 Å². The van der Waals surface area contributed by atoms with Gasteiger partial charge in [-0.1, -0.05) is 48.1 Å². The minimum atomic E-state index is 0.293. The van der Waals surface area contributed by atoms with Gasteiger partial charge in [0.15, 0.2) is 0 Å². The third-order valence-electron chi connectivity index (χ3n) is 2.43. The zero-order valence-corrected chi connectivity index (χ0v) is 9.89. The summed E-state index contributed by atoms with van der Waals surface area (Å²) < 4.78 is 0. The molecule has 0 saturated heterocycles. The average molecular weight is 214 g/mol. The highest BCUT2D eigenvalue weighted by molar-refractivity contribution is 5.65. The second-order valence-electron chi connectivity index (χ2n) is 4.06. The lowest BCUT2D eigenvalue weighted by Gasteiger charge is -2.10. The maximum absolute atomic E-state index is 10.4. The van der Waals surface area contributed by atoms with Crippen LogP contribution in [0.4, 0.5) is 0 Å². The van der Waals surface area contributed by atoms with E-state index in [-0.39, 0.29) is 0 Å². The minimum Gasteiger partial charge on any atom is -0.299 e. The minimum absolute atomic E-state index is 0.293. The fraction of sp³-hybridized carbons (Fsp3) is 0.267. The molecule has 0 saturated carbocycles. The lowest BCUT2D eigenvalue weighted by atomic mass is 9.94. The predicted octanol–water partition coefficient (Wildman–Crippen LogP) is 3.88. The summed E-state index contributed by atoms with van der Waals surface area (Å²) in [6.07, 6.45) is 7.51. The molecule has 0 aliphatic rings. The summed E-state index contributed by atoms with van der Waals surface area (Å²) in [6.45, 7) is 4.18. The highest BCUT2D eigenvalue weighted by Gasteiger charge is 2.05. The number of allylic oxidation sites excluding steroid dienone is 4. The Hall–Kier alpha value is -1.63. The topological polar surface area (TPSA) is 17.1 Å². The maximum Gasteiger partial charge on any atom is 0.142 e. The van der Waals surface area contributed by atoms with E-state index in [4.69, 9.17) is 0 Å². The Morgan fingerprint density at radius 3 is 2.50 bits per heavy atom. The molecule has 0 spiro atoms. The normalized spacial score (nSPS) is 12.4. The summed E-state index contributed by atoms with van der Waals surface area (Å²) in [7, 11) is 0. The third-order valence-corrected chi connectivity index (χ3v) is 2.43. The Bertz CT molecular complexity index is 370. The molecule has 0 aromatic heterocycles. The van der Waals surface area contributed by atoms with Crippen LogP contribution in [0.5, 0.6) is 0 Å². The summed E-state index contributed by atoms with van der Waals surface area (Å²) in [5.74, 6) is 0.293. The van der Waals surface area contributed by atoms with Crippen molar-refractivity contribution in [3.63, 3.8) is 0 Å². The Labute approximate surface area is 97.5 Å². The van der Waals surface area contributed by atoms with Crippen LogP contribution in [0.25, 0.3) is 0 Å². The largest absolute Gasteiger partial charge is 0.299 e. The summed E-state index contributed by atoms with van der Waals surface area (Å²) in [5, 5.41) is 0. The molecule has 1 heteroatoms. The number of carbonyl (C=O) groups is 1. The van der Waals surface area contributed by atoms with Crippen molar-refractivity contribution in [2.45, 2.75) is 26.2 Å². The average Bonchev–Trinajstić information content (AvgIpc) is 2.30. The van der Waals surface area contributed by atoms with Gasteiger partial charge >= 0.3 is 0 Å². The number of aldehydes is 1. The third kappa shape index (κ3) is 4.26. The molecule has 1 aromatic rings. The van der Waals surface area contributed by atoms with Crippen molar-refractivity contribution in [1.29, 1.82) is 0 Å². The van der Waals surface area contributed by atoms with E-state index < -0.39 is 0 Å². The highest BCUT2D eigenvalue weighted by atomic mass is 16.1. The molecule has 0 aliphatic heterocycles. The number of hydrogen-bond donors (Lipinski definition) is 0. The van der Waals surface area contributed by atoms with Crippen LogP contribution in [0.3, 0.4) is 0 Å². The van der Waals surface area contributed by atoms with E-state index >= 15 is 0 Å². The molecule has 0 radical (unpaired) electrons. The van der Waals surface area contributed by atoms with Gasteiger partial charge in [0.1, 0.15) is 6.29 Å². The number of carbonyl (C=O) groups excluding carboxylic acids is 1. The first kappa shape index (κ1) is 12.4. The Kier molecular flexibility index (Phi) is 5.27. The van der Waals surface area contributed by atoms with Crippen LogP contribution in [0.1, 0.15) is 31.7 Å². The van der Waals surface area contributed by atoms with Gasteiger partial charge in [-0.25, -0.2) is 0 Å². The van der Waals surface area contributed by atoms with Crippen LogP contribution in [-0.2, 0) is 4.79 Å². The molecule has 0 heterocycles. The molecule has 16 heavy (non-hydrogen) atoms. The van der Waals surface area contributed by atoms with Crippen molar-refractivity contribution in [2.24, 2.45) is 0 Å². The van der Waals surface area contributed by atoms with Gasteiger partial charge in [0.05, 0.1) is 0 Å². The molecule has 1 atom stereocenters. The van der Waals surface area contributed by atoms with E-state index in [1.54, 1.807) is 6.08 Å². The van der Waals surface area contributed by atoms with Gasteiger partial charge in [-0.05, 0) is 31.9 Å². The number of hydrogen-bond acceptors (Lipinski definition) is 1. The molecule has 1 rings (SSSR count). The number of rotatable bonds is 5. The van der Waals surface area contributed by atoms with Crippen LogP contribution in [0.2, 0.25) is 0 Å². The molecule has 0 fully saturated rings. The SMILES string of the molecule is CC(C)=CCC(C=CC=O)c1ccccc1. The smallest absolute Gasteiger partial charge is 0.142 e. The van der Waals surface area contributed by atoms with Gasteiger partial charge in [-0.3, -0.25) is 4.79 Å². The Balaban J connectivity index is 2.83. The summed E-state index contributed by atoms with van der Waals surface area (Å²) >= 11 is 0. The van der Waals surface area contributed by atoms with Gasteiger partial charge in [0.2, 0.25) is 0 Å². The summed E-state index contributed by atoms with van der Waals surface area (Å²) in [4.78, 5) is 10.4. The van der Waals surface area contributed by atoms with Gasteiger partial charge < -0.3 is 0 Å². The van der Waals surface area contributed by atoms with Crippen LogP contribution in [0.15, 0.2) is 54.1 Å². The second-order valence-corrected chi connectivity index (χ2v) is 4.06. The van der Waals surface area contributed by atoms with E-state index in [0.717, 1.165) is 12.7 Å². The van der Waals surface area contributed by atoms with Gasteiger partial charge in [0, 0.05) is 5.92 Å². The zero-order chi connectivity index (χ0) is 11.8. The van der Waals surface area contributed by atoms with Crippen molar-refractivity contribution in [2.75, 3.05) is 0 Å². The molecule has 0 bridgehead atoms. The van der Waals surface area contributed by atoms with Crippen molar-refractivity contribution < 1.29 is 4.79 Å². The van der Waals surface area contributed by atoms with Crippen molar-refractivity contribution >= 4 is 6.29 Å². The Morgan fingerprint density at radius 2 is 1.94 bits per heavy atom. The fourth-order valence-corrected chi connectivity index (χ4v) is 1.57. The maximum atomic E-state index is 10.4. The van der Waals surface area contributed by atoms with Crippen LogP contribution in [-0.4, -0.2) is 6.29 Å². The lowest BCUT2D eigenvalue weighted by Crippen LogP contribution is -1.93. The molecule has 0 aliphatic carbocycles. The van der Waals surface area contributed by atoms with Crippen molar-refractivity contribution in [3.05, 3.63) is 59.7 Å². The first-order chi connectivity index (χ1) is 7.74. The van der Waals surface area contributed by atoms with Gasteiger partial charge in [-0.15, -0.1) is 0 Å². The van der Waals surface area contributed by atoms with Gasteiger partial charge in [-0.2, -0.15) is 0 Å². The predicted molar refractivity (Wildman–Crippen MR) is 68.4 cm³/mol. The fourth-order valence-electron chi connectivity index (χ4n) is 1.57. The molecular formula is C15H18O. The lowest BCUT2D eigenvalue weighted by molar-refractivity contribution is -0.104. The Morgan fingerprint density at radius 1 is 1.25 bits per heavy atom. The van der Waals surface area contributed by atoms with Crippen molar-refractivity contribution in [1.82, 2.24) is 0 Å². The summed E-state index contributed by atoms with van der Waals surface area (Å²) in [6, 6.07) is 10.3. The first-order valence-corrected chi connectivity index (χ1v) is 5.54. The quantitative estimate of drug-likeness (QED) is 0.413. The van der Waals surface area contributed by atoms with E-state index in [9.17, 15) is 4.79 Å². The molecule has 1 unspecified atom stereocenters. The monoisotopic (exact) mass is 214 g/mol. The van der Waals surface area contributed by atoms with E-state index in [0.29, 0.717) is 5.92 Å². The highest BCUT2D eigenvalue weighted by Crippen LogP contribution is 2.22. The molecule has 0 N–H and O–H groups in total. The standard InChI is InChI=1S/C15H18O/c1-13(2)10-11-15(9-6-12-16)14-7-4-3-5-8-14/h3-10,12,15H,11H2,1-2H3. The molecule has 0 amide bonds. The van der Waals surface area contributed by atoms with Crippen LogP contribution in [0, 0.1) is 0 Å². The zero-order valence-electron chi connectivity index (χ0n) is 9.89. The van der Waals surface area contributed by atoms with E-state index in [2.05, 4.69) is 32.1 Å². The molecule has 1 nitrogen and oxygen atoms in total. The van der Waals surface area contributed by atoms with E-state index in [1.165, 1.54) is 11.1 Å². The number of benzene rings is 1. The molecule has 1 aromatic carbocycles.